The Kier molecular flexibility index (Phi) is 4.28. The van der Waals surface area contributed by atoms with Crippen molar-refractivity contribution in [2.45, 2.75) is 6.42 Å². The average Bonchev–Trinajstić information content (AvgIpc) is 2.41. The van der Waals surface area contributed by atoms with Gasteiger partial charge < -0.3 is 15.2 Å². The Balaban J connectivity index is 1.96. The summed E-state index contributed by atoms with van der Waals surface area (Å²) in [6, 6.07) is 10.1. The van der Waals surface area contributed by atoms with Crippen LogP contribution in [0.25, 0.3) is 0 Å². The monoisotopic (exact) mass is 272 g/mol. The molecule has 2 rings (SSSR count). The highest BCUT2D eigenvalue weighted by atomic mass is 16.5. The molecule has 2 aromatic rings. The van der Waals surface area contributed by atoms with Crippen molar-refractivity contribution in [2.75, 3.05) is 5.32 Å². The average molecular weight is 272 g/mol. The molecule has 0 spiro atoms. The van der Waals surface area contributed by atoms with E-state index in [0.717, 1.165) is 0 Å². The second kappa shape index (κ2) is 6.33. The molecule has 0 atom stereocenters. The van der Waals surface area contributed by atoms with E-state index in [-0.39, 0.29) is 0 Å². The first-order chi connectivity index (χ1) is 9.63. The Bertz CT molecular complexity index is 596. The lowest BCUT2D eigenvalue weighted by Gasteiger charge is -2.07. The molecule has 1 heterocycles. The number of ether oxygens (including phenoxy) is 1. The molecule has 0 saturated heterocycles. The van der Waals surface area contributed by atoms with Crippen molar-refractivity contribution >= 4 is 17.6 Å². The minimum Gasteiger partial charge on any atom is -0.481 e. The van der Waals surface area contributed by atoms with E-state index >= 15 is 0 Å². The van der Waals surface area contributed by atoms with Crippen LogP contribution in [0.1, 0.15) is 6.42 Å². The zero-order valence-electron chi connectivity index (χ0n) is 10.4. The van der Waals surface area contributed by atoms with Crippen LogP contribution in [-0.4, -0.2) is 22.0 Å². The van der Waals surface area contributed by atoms with Crippen LogP contribution in [0.5, 0.6) is 11.5 Å². The Hall–Kier alpha value is -2.89. The molecule has 0 aliphatic rings. The fraction of sp³-hybridized carbons (Fsp3) is 0.0714. The van der Waals surface area contributed by atoms with Crippen molar-refractivity contribution in [2.24, 2.45) is 0 Å². The third kappa shape index (κ3) is 4.09. The predicted molar refractivity (Wildman–Crippen MR) is 71.6 cm³/mol. The number of aromatic nitrogens is 1. The number of nitrogens with one attached hydrogen (secondary N) is 1. The minimum atomic E-state index is -1.17. The fourth-order valence-electron chi connectivity index (χ4n) is 1.49. The number of aliphatic carboxylic acids is 1. The van der Waals surface area contributed by atoms with Gasteiger partial charge in [-0.3, -0.25) is 14.6 Å². The molecule has 102 valence electrons. The molecule has 2 N–H and O–H groups in total. The number of carboxylic acid groups (broad SMARTS) is 1. The summed E-state index contributed by atoms with van der Waals surface area (Å²) in [6.45, 7) is 0. The van der Waals surface area contributed by atoms with Crippen molar-refractivity contribution in [3.8, 4) is 11.5 Å². The molecule has 0 unspecified atom stereocenters. The molecule has 0 aliphatic carbocycles. The summed E-state index contributed by atoms with van der Waals surface area (Å²) in [4.78, 5) is 25.6. The number of hydrogen-bond acceptors (Lipinski definition) is 4. The number of carbonyl (C=O) groups excluding carboxylic acids is 1. The summed E-state index contributed by atoms with van der Waals surface area (Å²) in [5, 5.41) is 11.0. The third-order valence-corrected chi connectivity index (χ3v) is 2.32. The van der Waals surface area contributed by atoms with E-state index in [1.807, 2.05) is 0 Å². The summed E-state index contributed by atoms with van der Waals surface area (Å²) < 4.78 is 5.53. The molecule has 0 aliphatic heterocycles. The lowest BCUT2D eigenvalue weighted by atomic mass is 10.3. The maximum absolute atomic E-state index is 11.3. The van der Waals surface area contributed by atoms with E-state index in [2.05, 4.69) is 10.3 Å². The molecule has 20 heavy (non-hydrogen) atoms. The molecular weight excluding hydrogens is 260 g/mol. The molecule has 6 heteroatoms. The molecule has 1 aromatic heterocycles. The van der Waals surface area contributed by atoms with Crippen molar-refractivity contribution < 1.29 is 19.4 Å². The van der Waals surface area contributed by atoms with E-state index in [0.29, 0.717) is 17.2 Å². The van der Waals surface area contributed by atoms with Crippen LogP contribution < -0.4 is 10.1 Å². The standard InChI is InChI=1S/C14H12N2O4/c17-13(8-14(18)19)16-10-3-5-11(6-4-10)20-12-2-1-7-15-9-12/h1-7,9H,8H2,(H,16,17)(H,18,19). The van der Waals surface area contributed by atoms with Crippen molar-refractivity contribution in [3.05, 3.63) is 48.8 Å². The lowest BCUT2D eigenvalue weighted by molar-refractivity contribution is -0.139. The SMILES string of the molecule is O=C(O)CC(=O)Nc1ccc(Oc2cccnc2)cc1. The highest BCUT2D eigenvalue weighted by molar-refractivity contribution is 6.01. The van der Waals surface area contributed by atoms with E-state index in [9.17, 15) is 9.59 Å². The summed E-state index contributed by atoms with van der Waals surface area (Å²) in [5.74, 6) is -0.540. The van der Waals surface area contributed by atoms with Crippen LogP contribution in [0.2, 0.25) is 0 Å². The van der Waals surface area contributed by atoms with E-state index < -0.39 is 18.3 Å². The molecule has 0 radical (unpaired) electrons. The largest absolute Gasteiger partial charge is 0.481 e. The van der Waals surface area contributed by atoms with Gasteiger partial charge >= 0.3 is 5.97 Å². The number of hydrogen-bond donors (Lipinski definition) is 2. The summed E-state index contributed by atoms with van der Waals surface area (Å²) >= 11 is 0. The van der Waals surface area contributed by atoms with Gasteiger partial charge in [0, 0.05) is 11.9 Å². The van der Waals surface area contributed by atoms with Crippen LogP contribution >= 0.6 is 0 Å². The number of rotatable bonds is 5. The Morgan fingerprint density at radius 3 is 2.50 bits per heavy atom. The summed E-state index contributed by atoms with van der Waals surface area (Å²) in [5.41, 5.74) is 0.509. The Morgan fingerprint density at radius 2 is 1.90 bits per heavy atom. The van der Waals surface area contributed by atoms with Crippen LogP contribution in [0.4, 0.5) is 5.69 Å². The first-order valence-corrected chi connectivity index (χ1v) is 5.83. The fourth-order valence-corrected chi connectivity index (χ4v) is 1.49. The number of benzene rings is 1. The van der Waals surface area contributed by atoms with Crippen molar-refractivity contribution in [3.63, 3.8) is 0 Å². The lowest BCUT2D eigenvalue weighted by Crippen LogP contribution is -2.15. The minimum absolute atomic E-state index is 0.509. The third-order valence-electron chi connectivity index (χ3n) is 2.32. The number of nitrogens with zero attached hydrogens (tertiary/aromatic N) is 1. The summed E-state index contributed by atoms with van der Waals surface area (Å²) in [6.07, 6.45) is 2.67. The smallest absolute Gasteiger partial charge is 0.312 e. The number of anilines is 1. The molecular formula is C14H12N2O4. The first-order valence-electron chi connectivity index (χ1n) is 5.83. The number of carbonyl (C=O) groups is 2. The number of carboxylic acids is 1. The normalized spacial score (nSPS) is 9.80. The quantitative estimate of drug-likeness (QED) is 0.815. The van der Waals surface area contributed by atoms with Crippen molar-refractivity contribution in [1.29, 1.82) is 0 Å². The number of amides is 1. The van der Waals surface area contributed by atoms with Crippen molar-refractivity contribution in [1.82, 2.24) is 4.98 Å². The van der Waals surface area contributed by atoms with Crippen LogP contribution in [0.3, 0.4) is 0 Å². The zero-order valence-corrected chi connectivity index (χ0v) is 10.4. The van der Waals surface area contributed by atoms with Crippen LogP contribution in [-0.2, 0) is 9.59 Å². The van der Waals surface area contributed by atoms with Gasteiger partial charge in [-0.05, 0) is 36.4 Å². The number of pyridine rings is 1. The highest BCUT2D eigenvalue weighted by Crippen LogP contribution is 2.22. The van der Waals surface area contributed by atoms with E-state index in [1.54, 1.807) is 48.8 Å². The van der Waals surface area contributed by atoms with Gasteiger partial charge in [-0.15, -0.1) is 0 Å². The maximum atomic E-state index is 11.3. The summed E-state index contributed by atoms with van der Waals surface area (Å²) in [7, 11) is 0. The van der Waals surface area contributed by atoms with Gasteiger partial charge in [0.2, 0.25) is 5.91 Å². The van der Waals surface area contributed by atoms with Crippen LogP contribution in [0, 0.1) is 0 Å². The van der Waals surface area contributed by atoms with Gasteiger partial charge in [0.1, 0.15) is 17.9 Å². The first kappa shape index (κ1) is 13.5. The van der Waals surface area contributed by atoms with Crippen LogP contribution in [0.15, 0.2) is 48.8 Å². The predicted octanol–water partition coefficient (Wildman–Crippen LogP) is 2.29. The second-order valence-electron chi connectivity index (χ2n) is 3.93. The highest BCUT2D eigenvalue weighted by Gasteiger charge is 2.07. The molecule has 0 saturated carbocycles. The molecule has 0 fully saturated rings. The molecule has 6 nitrogen and oxygen atoms in total. The van der Waals surface area contributed by atoms with E-state index in [4.69, 9.17) is 9.84 Å². The van der Waals surface area contributed by atoms with Gasteiger partial charge in [-0.25, -0.2) is 0 Å². The zero-order chi connectivity index (χ0) is 14.4. The Labute approximate surface area is 115 Å². The van der Waals surface area contributed by atoms with Gasteiger partial charge in [0.15, 0.2) is 0 Å². The van der Waals surface area contributed by atoms with E-state index in [1.165, 1.54) is 0 Å². The molecule has 1 amide bonds. The van der Waals surface area contributed by atoms with Gasteiger partial charge in [-0.2, -0.15) is 0 Å². The molecule has 0 bridgehead atoms. The molecule has 1 aromatic carbocycles. The Morgan fingerprint density at radius 1 is 1.15 bits per heavy atom. The van der Waals surface area contributed by atoms with Gasteiger partial charge in [0.05, 0.1) is 6.20 Å². The van der Waals surface area contributed by atoms with Gasteiger partial charge in [0.25, 0.3) is 0 Å². The second-order valence-corrected chi connectivity index (χ2v) is 3.93. The maximum Gasteiger partial charge on any atom is 0.312 e. The van der Waals surface area contributed by atoms with Gasteiger partial charge in [-0.1, -0.05) is 0 Å². The topological polar surface area (TPSA) is 88.5 Å².